The number of esters is 1. The van der Waals surface area contributed by atoms with E-state index >= 15 is 0 Å². The van der Waals surface area contributed by atoms with Gasteiger partial charge in [0.2, 0.25) is 0 Å². The Hall–Kier alpha value is -2.64. The molecule has 0 heterocycles. The molecule has 1 aromatic carbocycles. The Morgan fingerprint density at radius 2 is 2.04 bits per heavy atom. The largest absolute Gasteiger partial charge is 0.477 e. The van der Waals surface area contributed by atoms with Crippen molar-refractivity contribution in [1.82, 2.24) is 5.32 Å². The summed E-state index contributed by atoms with van der Waals surface area (Å²) in [6, 6.07) is 3.86. The number of nitro benzene ring substituents is 1. The Kier molecular flexibility index (Phi) is 5.51. The lowest BCUT2D eigenvalue weighted by Gasteiger charge is -2.12. The van der Waals surface area contributed by atoms with Gasteiger partial charge in [-0.15, -0.1) is 0 Å². The first kappa shape index (κ1) is 16.7. The third kappa shape index (κ3) is 4.41. The van der Waals surface area contributed by atoms with E-state index in [-0.39, 0.29) is 35.6 Å². The molecule has 0 radical (unpaired) electrons. The molecule has 0 unspecified atom stereocenters. The lowest BCUT2D eigenvalue weighted by atomic mass is 10.2. The number of carbonyl (C=O) groups is 2. The Bertz CT molecular complexity index is 610. The molecule has 1 fully saturated rings. The minimum absolute atomic E-state index is 0.0435. The number of nitro groups is 1. The van der Waals surface area contributed by atoms with Gasteiger partial charge in [-0.05, 0) is 25.0 Å². The number of ether oxygens (including phenoxy) is 2. The normalized spacial score (nSPS) is 14.3. The molecular weight excluding hydrogens is 304 g/mol. The van der Waals surface area contributed by atoms with Crippen molar-refractivity contribution in [3.8, 4) is 5.75 Å². The Labute approximate surface area is 132 Å². The fourth-order valence-corrected chi connectivity index (χ4v) is 2.51. The van der Waals surface area contributed by atoms with Crippen molar-refractivity contribution in [3.05, 3.63) is 33.9 Å². The van der Waals surface area contributed by atoms with Crippen molar-refractivity contribution in [3.63, 3.8) is 0 Å². The first-order valence-electron chi connectivity index (χ1n) is 7.30. The zero-order valence-electron chi connectivity index (χ0n) is 12.7. The maximum absolute atomic E-state index is 11.8. The van der Waals surface area contributed by atoms with Crippen LogP contribution in [0.3, 0.4) is 0 Å². The summed E-state index contributed by atoms with van der Waals surface area (Å²) in [5, 5.41) is 13.9. The van der Waals surface area contributed by atoms with Crippen LogP contribution >= 0.6 is 0 Å². The molecule has 0 bridgehead atoms. The molecule has 0 spiro atoms. The molecule has 0 aliphatic heterocycles. The third-order valence-electron chi connectivity index (χ3n) is 3.66. The molecule has 1 amide bonds. The van der Waals surface area contributed by atoms with Gasteiger partial charge in [0.15, 0.2) is 12.4 Å². The second kappa shape index (κ2) is 7.57. The molecule has 8 heteroatoms. The predicted molar refractivity (Wildman–Crippen MR) is 80.3 cm³/mol. The summed E-state index contributed by atoms with van der Waals surface area (Å²) in [5.41, 5.74) is -0.344. The molecule has 23 heavy (non-hydrogen) atoms. The highest BCUT2D eigenvalue weighted by atomic mass is 16.6. The molecular formula is C15H18N2O6. The predicted octanol–water partition coefficient (Wildman–Crippen LogP) is 1.82. The van der Waals surface area contributed by atoms with Crippen molar-refractivity contribution < 1.29 is 24.0 Å². The first-order valence-corrected chi connectivity index (χ1v) is 7.30. The van der Waals surface area contributed by atoms with E-state index in [0.29, 0.717) is 0 Å². The van der Waals surface area contributed by atoms with E-state index in [1.54, 1.807) is 0 Å². The van der Waals surface area contributed by atoms with Crippen LogP contribution in [-0.4, -0.2) is 36.6 Å². The number of hydrogen-bond acceptors (Lipinski definition) is 6. The second-order valence-electron chi connectivity index (χ2n) is 5.27. The summed E-state index contributed by atoms with van der Waals surface area (Å²) in [6.45, 7) is -0.311. The summed E-state index contributed by atoms with van der Waals surface area (Å²) >= 11 is 0. The SMILES string of the molecule is COC(=O)c1ccc(OCC(=O)NC2CCCC2)c([N+](=O)[O-])c1. The van der Waals surface area contributed by atoms with Crippen LogP contribution in [0.5, 0.6) is 5.75 Å². The fraction of sp³-hybridized carbons (Fsp3) is 0.467. The number of amides is 1. The van der Waals surface area contributed by atoms with Crippen LogP contribution in [0.15, 0.2) is 18.2 Å². The maximum Gasteiger partial charge on any atom is 0.338 e. The number of methoxy groups -OCH3 is 1. The molecule has 0 aromatic heterocycles. The van der Waals surface area contributed by atoms with Crippen LogP contribution in [0.4, 0.5) is 5.69 Å². The quantitative estimate of drug-likeness (QED) is 0.486. The topological polar surface area (TPSA) is 108 Å². The lowest BCUT2D eigenvalue weighted by Crippen LogP contribution is -2.36. The van der Waals surface area contributed by atoms with Crippen molar-refractivity contribution in [2.45, 2.75) is 31.7 Å². The zero-order chi connectivity index (χ0) is 16.8. The van der Waals surface area contributed by atoms with Gasteiger partial charge < -0.3 is 14.8 Å². The van der Waals surface area contributed by atoms with Crippen LogP contribution in [0.2, 0.25) is 0 Å². The molecule has 8 nitrogen and oxygen atoms in total. The minimum Gasteiger partial charge on any atom is -0.477 e. The lowest BCUT2D eigenvalue weighted by molar-refractivity contribution is -0.385. The van der Waals surface area contributed by atoms with Crippen LogP contribution in [-0.2, 0) is 9.53 Å². The molecule has 1 aliphatic rings. The number of nitrogens with one attached hydrogen (secondary N) is 1. The van der Waals surface area contributed by atoms with E-state index < -0.39 is 10.9 Å². The van der Waals surface area contributed by atoms with Crippen molar-refractivity contribution >= 4 is 17.6 Å². The van der Waals surface area contributed by atoms with Gasteiger partial charge in [-0.1, -0.05) is 12.8 Å². The number of hydrogen-bond donors (Lipinski definition) is 1. The first-order chi connectivity index (χ1) is 11.0. The zero-order valence-corrected chi connectivity index (χ0v) is 12.7. The summed E-state index contributed by atoms with van der Waals surface area (Å²) in [7, 11) is 1.19. The number of rotatable bonds is 6. The van der Waals surface area contributed by atoms with E-state index in [9.17, 15) is 19.7 Å². The van der Waals surface area contributed by atoms with Crippen LogP contribution in [0.1, 0.15) is 36.0 Å². The fourth-order valence-electron chi connectivity index (χ4n) is 2.51. The van der Waals surface area contributed by atoms with Crippen molar-refractivity contribution in [1.29, 1.82) is 0 Å². The van der Waals surface area contributed by atoms with Gasteiger partial charge in [-0.25, -0.2) is 4.79 Å². The monoisotopic (exact) mass is 322 g/mol. The van der Waals surface area contributed by atoms with E-state index in [1.807, 2.05) is 0 Å². The van der Waals surface area contributed by atoms with Crippen LogP contribution in [0.25, 0.3) is 0 Å². The summed E-state index contributed by atoms with van der Waals surface area (Å²) in [4.78, 5) is 33.6. The van der Waals surface area contributed by atoms with Gasteiger partial charge in [-0.3, -0.25) is 14.9 Å². The Morgan fingerprint density at radius 3 is 2.65 bits per heavy atom. The summed E-state index contributed by atoms with van der Waals surface area (Å²) in [6.07, 6.45) is 4.07. The minimum atomic E-state index is -0.682. The molecule has 0 atom stereocenters. The number of nitrogens with zero attached hydrogens (tertiary/aromatic N) is 1. The summed E-state index contributed by atoms with van der Waals surface area (Å²) < 4.78 is 9.75. The molecule has 124 valence electrons. The van der Waals surface area contributed by atoms with Gasteiger partial charge in [0, 0.05) is 12.1 Å². The average molecular weight is 322 g/mol. The van der Waals surface area contributed by atoms with E-state index in [2.05, 4.69) is 10.1 Å². The molecule has 1 saturated carbocycles. The smallest absolute Gasteiger partial charge is 0.338 e. The van der Waals surface area contributed by atoms with Crippen molar-refractivity contribution in [2.24, 2.45) is 0 Å². The second-order valence-corrected chi connectivity index (χ2v) is 5.27. The van der Waals surface area contributed by atoms with Gasteiger partial charge in [0.1, 0.15) is 0 Å². The Morgan fingerprint density at radius 1 is 1.35 bits per heavy atom. The third-order valence-corrected chi connectivity index (χ3v) is 3.66. The highest BCUT2D eigenvalue weighted by Crippen LogP contribution is 2.28. The van der Waals surface area contributed by atoms with Gasteiger partial charge in [0.25, 0.3) is 5.91 Å². The number of benzene rings is 1. The summed E-state index contributed by atoms with van der Waals surface area (Å²) in [5.74, 6) is -1.06. The molecule has 1 aromatic rings. The van der Waals surface area contributed by atoms with Gasteiger partial charge in [0.05, 0.1) is 17.6 Å². The average Bonchev–Trinajstić information content (AvgIpc) is 3.04. The van der Waals surface area contributed by atoms with E-state index in [4.69, 9.17) is 4.74 Å². The van der Waals surface area contributed by atoms with Crippen LogP contribution < -0.4 is 10.1 Å². The molecule has 1 N–H and O–H groups in total. The highest BCUT2D eigenvalue weighted by molar-refractivity contribution is 5.90. The van der Waals surface area contributed by atoms with E-state index in [1.165, 1.54) is 19.2 Å². The molecule has 1 aliphatic carbocycles. The van der Waals surface area contributed by atoms with Gasteiger partial charge in [-0.2, -0.15) is 0 Å². The standard InChI is InChI=1S/C15H18N2O6/c1-22-15(19)10-6-7-13(12(8-10)17(20)21)23-9-14(18)16-11-4-2-3-5-11/h6-8,11H,2-5,9H2,1H3,(H,16,18). The Balaban J connectivity index is 2.02. The molecule has 2 rings (SSSR count). The molecule has 0 saturated heterocycles. The van der Waals surface area contributed by atoms with Crippen molar-refractivity contribution in [2.75, 3.05) is 13.7 Å². The van der Waals surface area contributed by atoms with E-state index in [0.717, 1.165) is 31.7 Å². The van der Waals surface area contributed by atoms with Gasteiger partial charge >= 0.3 is 11.7 Å². The maximum atomic E-state index is 11.8. The number of carbonyl (C=O) groups excluding carboxylic acids is 2. The van der Waals surface area contributed by atoms with Crippen LogP contribution in [0, 0.1) is 10.1 Å². The highest BCUT2D eigenvalue weighted by Gasteiger charge is 2.21.